The van der Waals surface area contributed by atoms with Crippen molar-refractivity contribution in [3.05, 3.63) is 35.9 Å². The topological polar surface area (TPSA) is 32.3 Å². The largest absolute Gasteiger partial charge is 0.354 e. The van der Waals surface area contributed by atoms with E-state index in [2.05, 4.69) is 5.32 Å². The average Bonchev–Trinajstić information content (AvgIpc) is 2.27. The van der Waals surface area contributed by atoms with Crippen LogP contribution in [0, 0.1) is 0 Å². The van der Waals surface area contributed by atoms with Gasteiger partial charge in [0, 0.05) is 6.54 Å². The van der Waals surface area contributed by atoms with Crippen molar-refractivity contribution in [3.63, 3.8) is 0 Å². The SMILES string of the molecule is CCCNC(=O)C(c1ccccc1)N(C)C. The van der Waals surface area contributed by atoms with E-state index < -0.39 is 0 Å². The van der Waals surface area contributed by atoms with Crippen molar-refractivity contribution < 1.29 is 4.79 Å². The first-order valence-corrected chi connectivity index (χ1v) is 5.66. The molecule has 0 saturated heterocycles. The summed E-state index contributed by atoms with van der Waals surface area (Å²) >= 11 is 0. The van der Waals surface area contributed by atoms with Gasteiger partial charge in [-0.05, 0) is 26.1 Å². The number of hydrogen-bond acceptors (Lipinski definition) is 2. The van der Waals surface area contributed by atoms with Crippen LogP contribution in [0.1, 0.15) is 24.9 Å². The van der Waals surface area contributed by atoms with Gasteiger partial charge in [-0.15, -0.1) is 0 Å². The maximum atomic E-state index is 12.0. The van der Waals surface area contributed by atoms with Gasteiger partial charge in [-0.1, -0.05) is 37.3 Å². The predicted octanol–water partition coefficient (Wildman–Crippen LogP) is 1.82. The van der Waals surface area contributed by atoms with Crippen LogP contribution in [-0.2, 0) is 4.79 Å². The van der Waals surface area contributed by atoms with Crippen molar-refractivity contribution in [2.45, 2.75) is 19.4 Å². The molecule has 0 radical (unpaired) electrons. The van der Waals surface area contributed by atoms with E-state index in [0.29, 0.717) is 0 Å². The van der Waals surface area contributed by atoms with Gasteiger partial charge in [0.15, 0.2) is 0 Å². The number of nitrogens with one attached hydrogen (secondary N) is 1. The van der Waals surface area contributed by atoms with Gasteiger partial charge in [-0.2, -0.15) is 0 Å². The van der Waals surface area contributed by atoms with Crippen LogP contribution in [0.5, 0.6) is 0 Å². The highest BCUT2D eigenvalue weighted by molar-refractivity contribution is 5.83. The highest BCUT2D eigenvalue weighted by Crippen LogP contribution is 2.17. The quantitative estimate of drug-likeness (QED) is 0.821. The Labute approximate surface area is 97.5 Å². The summed E-state index contributed by atoms with van der Waals surface area (Å²) in [4.78, 5) is 13.9. The molecule has 1 atom stereocenters. The summed E-state index contributed by atoms with van der Waals surface area (Å²) in [6, 6.07) is 9.64. The maximum absolute atomic E-state index is 12.0. The Balaban J connectivity index is 2.79. The minimum Gasteiger partial charge on any atom is -0.354 e. The third-order valence-corrected chi connectivity index (χ3v) is 2.43. The van der Waals surface area contributed by atoms with Gasteiger partial charge in [0.05, 0.1) is 0 Å². The second-order valence-electron chi connectivity index (χ2n) is 4.07. The van der Waals surface area contributed by atoms with Crippen LogP contribution in [-0.4, -0.2) is 31.4 Å². The molecule has 1 rings (SSSR count). The highest BCUT2D eigenvalue weighted by Gasteiger charge is 2.21. The molecule has 0 aromatic heterocycles. The Morgan fingerprint density at radius 2 is 1.94 bits per heavy atom. The fourth-order valence-electron chi connectivity index (χ4n) is 1.66. The van der Waals surface area contributed by atoms with Crippen LogP contribution in [0.4, 0.5) is 0 Å². The Bertz CT molecular complexity index is 322. The molecule has 3 heteroatoms. The number of carbonyl (C=O) groups excluding carboxylic acids is 1. The molecule has 1 unspecified atom stereocenters. The lowest BCUT2D eigenvalue weighted by molar-refractivity contribution is -0.125. The van der Waals surface area contributed by atoms with Crippen LogP contribution in [0.2, 0.25) is 0 Å². The number of likely N-dealkylation sites (N-methyl/N-ethyl adjacent to an activating group) is 1. The van der Waals surface area contributed by atoms with E-state index in [9.17, 15) is 4.79 Å². The zero-order valence-electron chi connectivity index (χ0n) is 10.2. The third kappa shape index (κ3) is 3.35. The average molecular weight is 220 g/mol. The van der Waals surface area contributed by atoms with Gasteiger partial charge < -0.3 is 5.32 Å². The van der Waals surface area contributed by atoms with E-state index in [0.717, 1.165) is 18.5 Å². The fraction of sp³-hybridized carbons (Fsp3) is 0.462. The first-order chi connectivity index (χ1) is 7.66. The minimum atomic E-state index is -0.201. The summed E-state index contributed by atoms with van der Waals surface area (Å²) in [5, 5.41) is 2.93. The van der Waals surface area contributed by atoms with Gasteiger partial charge >= 0.3 is 0 Å². The van der Waals surface area contributed by atoms with Crippen molar-refractivity contribution >= 4 is 5.91 Å². The van der Waals surface area contributed by atoms with Gasteiger partial charge in [0.25, 0.3) is 0 Å². The second kappa shape index (κ2) is 6.28. The van der Waals surface area contributed by atoms with E-state index in [1.807, 2.05) is 56.3 Å². The number of nitrogens with zero attached hydrogens (tertiary/aromatic N) is 1. The first-order valence-electron chi connectivity index (χ1n) is 5.66. The number of amides is 1. The van der Waals surface area contributed by atoms with Crippen LogP contribution >= 0.6 is 0 Å². The molecule has 0 saturated carbocycles. The van der Waals surface area contributed by atoms with Gasteiger partial charge in [-0.3, -0.25) is 9.69 Å². The fourth-order valence-corrected chi connectivity index (χ4v) is 1.66. The number of rotatable bonds is 5. The molecule has 0 bridgehead atoms. The van der Waals surface area contributed by atoms with E-state index in [1.54, 1.807) is 0 Å². The molecule has 88 valence electrons. The molecule has 1 aromatic rings. The van der Waals surface area contributed by atoms with Crippen molar-refractivity contribution in [3.8, 4) is 0 Å². The van der Waals surface area contributed by atoms with Crippen LogP contribution in [0.3, 0.4) is 0 Å². The van der Waals surface area contributed by atoms with E-state index in [4.69, 9.17) is 0 Å². The Kier molecular flexibility index (Phi) is 4.99. The summed E-state index contributed by atoms with van der Waals surface area (Å²) < 4.78 is 0. The standard InChI is InChI=1S/C13H20N2O/c1-4-10-14-13(16)12(15(2)3)11-8-6-5-7-9-11/h5-9,12H,4,10H2,1-3H3,(H,14,16). The summed E-state index contributed by atoms with van der Waals surface area (Å²) in [5.41, 5.74) is 1.03. The molecule has 1 N–H and O–H groups in total. The predicted molar refractivity (Wildman–Crippen MR) is 66.2 cm³/mol. The molecule has 0 heterocycles. The van der Waals surface area contributed by atoms with Crippen molar-refractivity contribution in [2.24, 2.45) is 0 Å². The van der Waals surface area contributed by atoms with E-state index in [-0.39, 0.29) is 11.9 Å². The van der Waals surface area contributed by atoms with Crippen LogP contribution < -0.4 is 5.32 Å². The van der Waals surface area contributed by atoms with Gasteiger partial charge in [-0.25, -0.2) is 0 Å². The maximum Gasteiger partial charge on any atom is 0.241 e. The number of hydrogen-bond donors (Lipinski definition) is 1. The molecule has 1 aromatic carbocycles. The molecule has 1 amide bonds. The lowest BCUT2D eigenvalue weighted by atomic mass is 10.1. The monoisotopic (exact) mass is 220 g/mol. The van der Waals surface area contributed by atoms with E-state index >= 15 is 0 Å². The molecule has 16 heavy (non-hydrogen) atoms. The Morgan fingerprint density at radius 3 is 2.44 bits per heavy atom. The molecular weight excluding hydrogens is 200 g/mol. The minimum absolute atomic E-state index is 0.0676. The molecule has 0 aliphatic rings. The van der Waals surface area contributed by atoms with Crippen LogP contribution in [0.25, 0.3) is 0 Å². The highest BCUT2D eigenvalue weighted by atomic mass is 16.2. The summed E-state index contributed by atoms with van der Waals surface area (Å²) in [7, 11) is 3.84. The molecule has 0 spiro atoms. The molecule has 0 fully saturated rings. The zero-order chi connectivity index (χ0) is 12.0. The molecule has 3 nitrogen and oxygen atoms in total. The number of carbonyl (C=O) groups is 1. The third-order valence-electron chi connectivity index (χ3n) is 2.43. The number of benzene rings is 1. The summed E-state index contributed by atoms with van der Waals surface area (Å²) in [5.74, 6) is 0.0676. The summed E-state index contributed by atoms with van der Waals surface area (Å²) in [6.45, 7) is 2.78. The van der Waals surface area contributed by atoms with Gasteiger partial charge in [0.2, 0.25) is 5.91 Å². The molecule has 0 aliphatic carbocycles. The normalized spacial score (nSPS) is 12.5. The van der Waals surface area contributed by atoms with E-state index in [1.165, 1.54) is 0 Å². The lowest BCUT2D eigenvalue weighted by Crippen LogP contribution is -2.37. The van der Waals surface area contributed by atoms with Crippen molar-refractivity contribution in [2.75, 3.05) is 20.6 Å². The summed E-state index contributed by atoms with van der Waals surface area (Å²) in [6.07, 6.45) is 0.959. The Hall–Kier alpha value is -1.35. The lowest BCUT2D eigenvalue weighted by Gasteiger charge is -2.23. The zero-order valence-corrected chi connectivity index (χ0v) is 10.2. The van der Waals surface area contributed by atoms with Crippen molar-refractivity contribution in [1.29, 1.82) is 0 Å². The van der Waals surface area contributed by atoms with Crippen LogP contribution in [0.15, 0.2) is 30.3 Å². The first kappa shape index (κ1) is 12.7. The van der Waals surface area contributed by atoms with Gasteiger partial charge in [0.1, 0.15) is 6.04 Å². The Morgan fingerprint density at radius 1 is 1.31 bits per heavy atom. The van der Waals surface area contributed by atoms with Crippen molar-refractivity contribution in [1.82, 2.24) is 10.2 Å². The molecular formula is C13H20N2O. The smallest absolute Gasteiger partial charge is 0.241 e. The molecule has 0 aliphatic heterocycles. The second-order valence-corrected chi connectivity index (χ2v) is 4.07.